The van der Waals surface area contributed by atoms with Crippen LogP contribution in [0.15, 0.2) is 59.4 Å². The van der Waals surface area contributed by atoms with E-state index in [1.165, 1.54) is 5.56 Å². The van der Waals surface area contributed by atoms with Crippen LogP contribution in [0.25, 0.3) is 5.69 Å². The highest BCUT2D eigenvalue weighted by Crippen LogP contribution is 2.17. The number of rotatable bonds is 10. The fourth-order valence-electron chi connectivity index (χ4n) is 3.24. The number of nitrogens with zero attached hydrogens (tertiary/aromatic N) is 2. The molecular formula is C26H29N3O5. The zero-order valence-corrected chi connectivity index (χ0v) is 19.7. The van der Waals surface area contributed by atoms with Crippen molar-refractivity contribution < 1.29 is 19.1 Å². The summed E-state index contributed by atoms with van der Waals surface area (Å²) in [6, 6.07) is 15.8. The van der Waals surface area contributed by atoms with Crippen LogP contribution in [0, 0.1) is 6.92 Å². The van der Waals surface area contributed by atoms with Gasteiger partial charge < -0.3 is 14.8 Å². The first kappa shape index (κ1) is 24.7. The van der Waals surface area contributed by atoms with Gasteiger partial charge in [-0.2, -0.15) is 9.78 Å². The monoisotopic (exact) mass is 463 g/mol. The number of hydrogen-bond donors (Lipinski definition) is 1. The lowest BCUT2D eigenvalue weighted by Gasteiger charge is -2.13. The molecule has 2 aromatic carbocycles. The largest absolute Gasteiger partial charge is 0.481 e. The Kier molecular flexibility index (Phi) is 8.56. The van der Waals surface area contributed by atoms with Gasteiger partial charge >= 0.3 is 5.97 Å². The molecule has 0 radical (unpaired) electrons. The number of ether oxygens (including phenoxy) is 2. The van der Waals surface area contributed by atoms with Gasteiger partial charge in [0.1, 0.15) is 0 Å². The number of benzene rings is 2. The third-order valence-electron chi connectivity index (χ3n) is 5.06. The van der Waals surface area contributed by atoms with Crippen LogP contribution in [0.1, 0.15) is 48.3 Å². The van der Waals surface area contributed by atoms with Crippen LogP contribution in [0.4, 0.5) is 5.69 Å². The summed E-state index contributed by atoms with van der Waals surface area (Å²) in [5.41, 5.74) is 2.66. The Morgan fingerprint density at radius 2 is 1.74 bits per heavy atom. The van der Waals surface area contributed by atoms with Crippen LogP contribution in [0.5, 0.6) is 5.75 Å². The van der Waals surface area contributed by atoms with Crippen molar-refractivity contribution in [3.05, 3.63) is 81.8 Å². The third-order valence-corrected chi connectivity index (χ3v) is 5.06. The van der Waals surface area contributed by atoms with E-state index in [0.29, 0.717) is 11.4 Å². The van der Waals surface area contributed by atoms with Gasteiger partial charge in [-0.25, -0.2) is 4.79 Å². The molecule has 1 heterocycles. The summed E-state index contributed by atoms with van der Waals surface area (Å²) in [5.74, 6) is -1.29. The van der Waals surface area contributed by atoms with Crippen molar-refractivity contribution in [1.29, 1.82) is 0 Å². The van der Waals surface area contributed by atoms with E-state index in [-0.39, 0.29) is 18.1 Å². The minimum absolute atomic E-state index is 0.114. The quantitative estimate of drug-likeness (QED) is 0.455. The van der Waals surface area contributed by atoms with Crippen LogP contribution in [-0.2, 0) is 16.0 Å². The van der Waals surface area contributed by atoms with E-state index in [2.05, 4.69) is 17.3 Å². The number of carbonyl (C=O) groups is 2. The SMILES string of the molecule is CCCCc1ccc(NC(=O)COc2cc(=O)n(-c3ccc(C)cc3)nc2C(=O)OCC)cc1. The van der Waals surface area contributed by atoms with E-state index in [1.54, 1.807) is 19.1 Å². The zero-order valence-electron chi connectivity index (χ0n) is 19.7. The van der Waals surface area contributed by atoms with Crippen LogP contribution in [-0.4, -0.2) is 34.9 Å². The van der Waals surface area contributed by atoms with E-state index in [1.807, 2.05) is 43.3 Å². The molecule has 8 nitrogen and oxygen atoms in total. The van der Waals surface area contributed by atoms with Gasteiger partial charge in [-0.05, 0) is 56.5 Å². The Hall–Kier alpha value is -3.94. The second-order valence-electron chi connectivity index (χ2n) is 7.80. The van der Waals surface area contributed by atoms with Crippen molar-refractivity contribution >= 4 is 17.6 Å². The van der Waals surface area contributed by atoms with Gasteiger partial charge in [-0.15, -0.1) is 0 Å². The first-order valence-electron chi connectivity index (χ1n) is 11.3. The molecule has 1 aromatic heterocycles. The molecule has 3 rings (SSSR count). The molecular weight excluding hydrogens is 434 g/mol. The Morgan fingerprint density at radius 1 is 1.03 bits per heavy atom. The average molecular weight is 464 g/mol. The average Bonchev–Trinajstić information content (AvgIpc) is 2.83. The lowest BCUT2D eigenvalue weighted by atomic mass is 10.1. The number of aromatic nitrogens is 2. The second kappa shape index (κ2) is 11.8. The van der Waals surface area contributed by atoms with E-state index in [0.717, 1.165) is 35.6 Å². The van der Waals surface area contributed by atoms with Crippen molar-refractivity contribution in [2.45, 2.75) is 40.0 Å². The van der Waals surface area contributed by atoms with Gasteiger partial charge in [-0.1, -0.05) is 43.2 Å². The standard InChI is InChI=1S/C26H29N3O5/c1-4-6-7-19-10-12-20(13-11-19)27-23(30)17-34-22-16-24(31)29(21-14-8-18(3)9-15-21)28-25(22)26(32)33-5-2/h8-16H,4-7,17H2,1-3H3,(H,27,30). The van der Waals surface area contributed by atoms with Crippen LogP contribution >= 0.6 is 0 Å². The number of amides is 1. The Labute approximate surface area is 198 Å². The predicted octanol–water partition coefficient (Wildman–Crippen LogP) is 4.08. The summed E-state index contributed by atoms with van der Waals surface area (Å²) in [7, 11) is 0. The summed E-state index contributed by atoms with van der Waals surface area (Å²) < 4.78 is 11.7. The van der Waals surface area contributed by atoms with Crippen molar-refractivity contribution in [1.82, 2.24) is 9.78 Å². The molecule has 0 atom stereocenters. The minimum atomic E-state index is -0.749. The van der Waals surface area contributed by atoms with Crippen LogP contribution < -0.4 is 15.6 Å². The normalized spacial score (nSPS) is 10.6. The first-order valence-corrected chi connectivity index (χ1v) is 11.3. The molecule has 178 valence electrons. The molecule has 8 heteroatoms. The summed E-state index contributed by atoms with van der Waals surface area (Å²) in [5, 5.41) is 6.90. The van der Waals surface area contributed by atoms with E-state index in [9.17, 15) is 14.4 Å². The number of hydrogen-bond acceptors (Lipinski definition) is 6. The van der Waals surface area contributed by atoms with Crippen molar-refractivity contribution in [2.75, 3.05) is 18.5 Å². The lowest BCUT2D eigenvalue weighted by Crippen LogP contribution is -2.27. The Balaban J connectivity index is 1.75. The molecule has 0 saturated heterocycles. The minimum Gasteiger partial charge on any atom is -0.481 e. The third kappa shape index (κ3) is 6.54. The molecule has 0 aliphatic carbocycles. The number of aryl methyl sites for hydroxylation is 2. The van der Waals surface area contributed by atoms with Gasteiger partial charge in [0.15, 0.2) is 12.4 Å². The zero-order chi connectivity index (χ0) is 24.5. The van der Waals surface area contributed by atoms with Gasteiger partial charge in [-0.3, -0.25) is 9.59 Å². The molecule has 3 aromatic rings. The Bertz CT molecular complexity index is 1180. The summed E-state index contributed by atoms with van der Waals surface area (Å²) in [6.45, 7) is 5.45. The van der Waals surface area contributed by atoms with Crippen molar-refractivity contribution in [3.8, 4) is 11.4 Å². The number of anilines is 1. The number of unbranched alkanes of at least 4 members (excludes halogenated alkanes) is 1. The first-order chi connectivity index (χ1) is 16.4. The van der Waals surface area contributed by atoms with Crippen molar-refractivity contribution in [3.63, 3.8) is 0 Å². The molecule has 0 aliphatic rings. The molecule has 0 aliphatic heterocycles. The molecule has 0 unspecified atom stereocenters. The van der Waals surface area contributed by atoms with E-state index in [4.69, 9.17) is 9.47 Å². The Morgan fingerprint density at radius 3 is 2.38 bits per heavy atom. The fraction of sp³-hybridized carbons (Fsp3) is 0.308. The predicted molar refractivity (Wildman–Crippen MR) is 130 cm³/mol. The highest BCUT2D eigenvalue weighted by atomic mass is 16.5. The lowest BCUT2D eigenvalue weighted by molar-refractivity contribution is -0.118. The van der Waals surface area contributed by atoms with E-state index < -0.39 is 24.0 Å². The van der Waals surface area contributed by atoms with E-state index >= 15 is 0 Å². The number of nitrogens with one attached hydrogen (secondary N) is 1. The maximum atomic E-state index is 12.7. The topological polar surface area (TPSA) is 99.5 Å². The maximum absolute atomic E-state index is 12.7. The van der Waals surface area contributed by atoms with Crippen molar-refractivity contribution in [2.24, 2.45) is 0 Å². The molecule has 1 amide bonds. The van der Waals surface area contributed by atoms with Gasteiger partial charge in [0, 0.05) is 5.69 Å². The molecule has 34 heavy (non-hydrogen) atoms. The maximum Gasteiger partial charge on any atom is 0.362 e. The highest BCUT2D eigenvalue weighted by Gasteiger charge is 2.20. The number of esters is 1. The highest BCUT2D eigenvalue weighted by molar-refractivity contribution is 5.93. The molecule has 0 saturated carbocycles. The van der Waals surface area contributed by atoms with Gasteiger partial charge in [0.2, 0.25) is 5.69 Å². The van der Waals surface area contributed by atoms with Gasteiger partial charge in [0.25, 0.3) is 11.5 Å². The molecule has 1 N–H and O–H groups in total. The summed E-state index contributed by atoms with van der Waals surface area (Å²) in [6.07, 6.45) is 3.22. The number of carbonyl (C=O) groups excluding carboxylic acids is 2. The summed E-state index contributed by atoms with van der Waals surface area (Å²) in [4.78, 5) is 37.5. The smallest absolute Gasteiger partial charge is 0.362 e. The summed E-state index contributed by atoms with van der Waals surface area (Å²) >= 11 is 0. The molecule has 0 spiro atoms. The van der Waals surface area contributed by atoms with Gasteiger partial charge in [0.05, 0.1) is 18.4 Å². The van der Waals surface area contributed by atoms with Crippen LogP contribution in [0.3, 0.4) is 0 Å². The molecule has 0 bridgehead atoms. The fourth-order valence-corrected chi connectivity index (χ4v) is 3.24. The van der Waals surface area contributed by atoms with Crippen LogP contribution in [0.2, 0.25) is 0 Å². The molecule has 0 fully saturated rings. The second-order valence-corrected chi connectivity index (χ2v) is 7.80.